The molecule has 0 heterocycles. The standard InChI is InChI=1S/C19H18ClF3NO2S.C3H8.Na/c1-10(9-25)5-11(2)27-17-6-12(3-4-14(17)20)19(26)24-13-7-15(21)18(23)16(22)8-13;1-3-2;/h3-4,6-8,10-11H,5,9H2,1-2H3,(H,24,26);3H2,1-2H3;/q-1;;+1. The van der Waals surface area contributed by atoms with E-state index in [-0.39, 0.29) is 58.6 Å². The number of carbonyl (C=O) groups excluding carboxylic acids is 1. The van der Waals surface area contributed by atoms with Crippen molar-refractivity contribution in [1.82, 2.24) is 0 Å². The van der Waals surface area contributed by atoms with Crippen LogP contribution >= 0.6 is 23.4 Å². The second kappa shape index (κ2) is 15.2. The molecular formula is C22H26ClF3NNaO2S. The van der Waals surface area contributed by atoms with Gasteiger partial charge in [-0.3, -0.25) is 4.79 Å². The van der Waals surface area contributed by atoms with Crippen LogP contribution in [0.1, 0.15) is 50.9 Å². The van der Waals surface area contributed by atoms with Crippen molar-refractivity contribution in [3.8, 4) is 0 Å². The predicted octanol–water partition coefficient (Wildman–Crippen LogP) is 3.30. The summed E-state index contributed by atoms with van der Waals surface area (Å²) < 4.78 is 39.6. The molecule has 31 heavy (non-hydrogen) atoms. The van der Waals surface area contributed by atoms with Gasteiger partial charge in [-0.1, -0.05) is 51.6 Å². The van der Waals surface area contributed by atoms with Crippen LogP contribution in [-0.4, -0.2) is 17.8 Å². The van der Waals surface area contributed by atoms with Gasteiger partial charge in [0, 0.05) is 33.5 Å². The Balaban J connectivity index is 0.00000212. The van der Waals surface area contributed by atoms with Crippen molar-refractivity contribution in [3.05, 3.63) is 58.4 Å². The number of carbonyl (C=O) groups is 1. The fourth-order valence-electron chi connectivity index (χ4n) is 2.47. The molecule has 0 aliphatic heterocycles. The third kappa shape index (κ3) is 10.2. The first kappa shape index (κ1) is 30.3. The minimum atomic E-state index is -1.60. The summed E-state index contributed by atoms with van der Waals surface area (Å²) in [4.78, 5) is 13.0. The Morgan fingerprint density at radius 2 is 1.68 bits per heavy atom. The summed E-state index contributed by atoms with van der Waals surface area (Å²) in [6.45, 7) is 7.92. The van der Waals surface area contributed by atoms with E-state index in [0.717, 1.165) is 0 Å². The average Bonchev–Trinajstić information content (AvgIpc) is 2.68. The maximum atomic E-state index is 13.3. The quantitative estimate of drug-likeness (QED) is 0.373. The van der Waals surface area contributed by atoms with E-state index in [1.54, 1.807) is 12.1 Å². The van der Waals surface area contributed by atoms with Crippen LogP contribution < -0.4 is 40.0 Å². The largest absolute Gasteiger partial charge is 1.00 e. The van der Waals surface area contributed by atoms with Gasteiger partial charge in [0.2, 0.25) is 0 Å². The second-order valence-corrected chi connectivity index (χ2v) is 8.88. The molecule has 1 amide bonds. The van der Waals surface area contributed by atoms with Crippen LogP contribution in [-0.2, 0) is 0 Å². The zero-order chi connectivity index (χ0) is 22.8. The first-order valence-electron chi connectivity index (χ1n) is 9.62. The number of halogens is 4. The summed E-state index contributed by atoms with van der Waals surface area (Å²) in [5, 5.41) is 13.8. The molecule has 9 heteroatoms. The third-order valence-corrected chi connectivity index (χ3v) is 5.41. The van der Waals surface area contributed by atoms with Crippen molar-refractivity contribution in [3.63, 3.8) is 0 Å². The maximum absolute atomic E-state index is 13.3. The molecule has 0 aromatic heterocycles. The van der Waals surface area contributed by atoms with Crippen molar-refractivity contribution in [1.29, 1.82) is 0 Å². The van der Waals surface area contributed by atoms with Crippen molar-refractivity contribution in [2.45, 2.75) is 50.7 Å². The first-order chi connectivity index (χ1) is 14.1. The number of hydrogen-bond donors (Lipinski definition) is 1. The molecule has 0 saturated heterocycles. The van der Waals surface area contributed by atoms with Gasteiger partial charge in [0.1, 0.15) is 0 Å². The molecule has 0 aliphatic rings. The van der Waals surface area contributed by atoms with Crippen LogP contribution in [0.5, 0.6) is 0 Å². The fraction of sp³-hybridized carbons (Fsp3) is 0.409. The van der Waals surface area contributed by atoms with E-state index in [1.165, 1.54) is 24.2 Å². The van der Waals surface area contributed by atoms with Crippen LogP contribution in [0, 0.1) is 23.4 Å². The van der Waals surface area contributed by atoms with Gasteiger partial charge in [-0.05, 0) is 24.6 Å². The summed E-state index contributed by atoms with van der Waals surface area (Å²) in [7, 11) is 0. The van der Waals surface area contributed by atoms with Crippen molar-refractivity contribution >= 4 is 35.0 Å². The Morgan fingerprint density at radius 1 is 1.13 bits per heavy atom. The minimum absolute atomic E-state index is 0. The Morgan fingerprint density at radius 3 is 2.19 bits per heavy atom. The Labute approximate surface area is 213 Å². The van der Waals surface area contributed by atoms with Gasteiger partial charge < -0.3 is 10.4 Å². The van der Waals surface area contributed by atoms with E-state index < -0.39 is 23.4 Å². The number of hydrogen-bond acceptors (Lipinski definition) is 3. The van der Waals surface area contributed by atoms with Gasteiger partial charge in [-0.2, -0.15) is 0 Å². The number of anilines is 1. The first-order valence-corrected chi connectivity index (χ1v) is 10.9. The average molecular weight is 484 g/mol. The molecular weight excluding hydrogens is 458 g/mol. The van der Waals surface area contributed by atoms with E-state index in [4.69, 9.17) is 11.6 Å². The molecule has 0 radical (unpaired) electrons. The molecule has 0 aliphatic carbocycles. The zero-order valence-electron chi connectivity index (χ0n) is 18.4. The number of rotatable bonds is 7. The SMILES string of the molecule is CC(C[O-])CC(C)Sc1cc(C(=O)Nc2cc(F)c(F)c(F)c2)ccc1Cl.CCC.[Na+]. The van der Waals surface area contributed by atoms with E-state index in [1.807, 2.05) is 13.8 Å². The Kier molecular flexibility index (Phi) is 14.9. The fourth-order valence-corrected chi connectivity index (χ4v) is 3.95. The number of thioether (sulfide) groups is 1. The van der Waals surface area contributed by atoms with Crippen LogP contribution in [0.25, 0.3) is 0 Å². The number of benzene rings is 2. The van der Waals surface area contributed by atoms with E-state index in [9.17, 15) is 23.1 Å². The molecule has 0 bridgehead atoms. The molecule has 0 spiro atoms. The molecule has 2 rings (SSSR count). The van der Waals surface area contributed by atoms with Gasteiger partial charge in [0.25, 0.3) is 5.91 Å². The van der Waals surface area contributed by atoms with Gasteiger partial charge in [-0.25, -0.2) is 13.2 Å². The molecule has 2 aromatic rings. The smallest absolute Gasteiger partial charge is 0.854 e. The third-order valence-electron chi connectivity index (χ3n) is 3.78. The van der Waals surface area contributed by atoms with Gasteiger partial charge in [-0.15, -0.1) is 18.4 Å². The maximum Gasteiger partial charge on any atom is 1.00 e. The summed E-state index contributed by atoms with van der Waals surface area (Å²) >= 11 is 7.62. The normalized spacial score (nSPS) is 12.2. The summed E-state index contributed by atoms with van der Waals surface area (Å²) in [6, 6.07) is 6.00. The molecule has 166 valence electrons. The summed E-state index contributed by atoms with van der Waals surface area (Å²) in [6.07, 6.45) is 1.95. The van der Waals surface area contributed by atoms with E-state index in [2.05, 4.69) is 19.2 Å². The molecule has 3 nitrogen and oxygen atoms in total. The molecule has 2 aromatic carbocycles. The van der Waals surface area contributed by atoms with Crippen molar-refractivity contribution < 1.29 is 52.6 Å². The zero-order valence-corrected chi connectivity index (χ0v) is 22.0. The molecule has 0 saturated carbocycles. The predicted molar refractivity (Wildman–Crippen MR) is 116 cm³/mol. The van der Waals surface area contributed by atoms with Gasteiger partial charge >= 0.3 is 29.6 Å². The number of nitrogens with one attached hydrogen (secondary N) is 1. The molecule has 0 fully saturated rings. The van der Waals surface area contributed by atoms with E-state index in [0.29, 0.717) is 28.5 Å². The number of amides is 1. The Hall–Kier alpha value is -0.700. The van der Waals surface area contributed by atoms with E-state index >= 15 is 0 Å². The minimum Gasteiger partial charge on any atom is -0.854 e. The molecule has 2 atom stereocenters. The summed E-state index contributed by atoms with van der Waals surface area (Å²) in [5.41, 5.74) is 0.0364. The topological polar surface area (TPSA) is 52.2 Å². The molecule has 1 N–H and O–H groups in total. The van der Waals surface area contributed by atoms with Gasteiger partial charge in [0.15, 0.2) is 17.5 Å². The van der Waals surface area contributed by atoms with Gasteiger partial charge in [0.05, 0.1) is 5.02 Å². The summed E-state index contributed by atoms with van der Waals surface area (Å²) in [5.74, 6) is -4.96. The van der Waals surface area contributed by atoms with Crippen LogP contribution in [0.2, 0.25) is 5.02 Å². The Bertz CT molecular complexity index is 834. The van der Waals surface area contributed by atoms with Crippen LogP contribution in [0.4, 0.5) is 18.9 Å². The van der Waals surface area contributed by atoms with Crippen LogP contribution in [0.15, 0.2) is 35.2 Å². The van der Waals surface area contributed by atoms with Crippen molar-refractivity contribution in [2.24, 2.45) is 5.92 Å². The monoisotopic (exact) mass is 483 g/mol. The van der Waals surface area contributed by atoms with Crippen molar-refractivity contribution in [2.75, 3.05) is 11.9 Å². The second-order valence-electron chi connectivity index (χ2n) is 7.00. The van der Waals surface area contributed by atoms with Crippen LogP contribution in [0.3, 0.4) is 0 Å². The molecule has 2 unspecified atom stereocenters.